The lowest BCUT2D eigenvalue weighted by molar-refractivity contribution is -0.140. The number of nitrogens with one attached hydrogen (secondary N) is 2. The average Bonchev–Trinajstić information content (AvgIpc) is 4.02. The van der Waals surface area contributed by atoms with E-state index >= 15 is 0 Å². The van der Waals surface area contributed by atoms with Gasteiger partial charge in [-0.3, -0.25) is 29.4 Å². The summed E-state index contributed by atoms with van der Waals surface area (Å²) in [6, 6.07) is 19.7. The summed E-state index contributed by atoms with van der Waals surface area (Å²) in [4.78, 5) is 71.2. The molecule has 12 rings (SSSR count). The van der Waals surface area contributed by atoms with Crippen LogP contribution in [0.3, 0.4) is 0 Å². The third-order valence-corrected chi connectivity index (χ3v) is 18.1. The molecular formula is C63H79Cl2N13O3. The van der Waals surface area contributed by atoms with Gasteiger partial charge in [-0.05, 0) is 168 Å². The molecule has 81 heavy (non-hydrogen) atoms. The summed E-state index contributed by atoms with van der Waals surface area (Å²) in [5.41, 5.74) is 9.18. The van der Waals surface area contributed by atoms with E-state index < -0.39 is 11.6 Å². The molecule has 6 aromatic rings. The summed E-state index contributed by atoms with van der Waals surface area (Å²) in [6.07, 6.45) is 19.4. The number of benzene rings is 2. The van der Waals surface area contributed by atoms with E-state index in [1.165, 1.54) is 33.4 Å². The number of urea groups is 1. The van der Waals surface area contributed by atoms with Crippen LogP contribution >= 0.6 is 23.2 Å². The van der Waals surface area contributed by atoms with Crippen LogP contribution < -0.4 is 10.6 Å². The number of rotatable bonds is 8. The molecule has 2 aliphatic carbocycles. The van der Waals surface area contributed by atoms with E-state index in [0.29, 0.717) is 51.1 Å². The van der Waals surface area contributed by atoms with Gasteiger partial charge in [0.05, 0.1) is 29.5 Å². The molecule has 0 spiro atoms. The average molecular weight is 1140 g/mol. The van der Waals surface area contributed by atoms with Gasteiger partial charge in [0, 0.05) is 131 Å². The molecule has 6 atom stereocenters. The molecule has 0 unspecified atom stereocenters. The summed E-state index contributed by atoms with van der Waals surface area (Å²) in [5, 5.41) is 8.16. The van der Waals surface area contributed by atoms with Gasteiger partial charge in [0.1, 0.15) is 17.7 Å². The number of likely N-dealkylation sites (tertiary alicyclic amines) is 2. The minimum Gasteiger partial charge on any atom is -0.341 e. The quantitative estimate of drug-likeness (QED) is 0.152. The van der Waals surface area contributed by atoms with Gasteiger partial charge in [0.15, 0.2) is 0 Å². The number of nitrogens with zero attached hydrogens (tertiary/aromatic N) is 11. The number of hydrogen-bond acceptors (Lipinski definition) is 10. The minimum absolute atomic E-state index is 0.0250. The fourth-order valence-electron chi connectivity index (χ4n) is 13.6. The number of halogens is 2. The minimum atomic E-state index is -0.606. The van der Waals surface area contributed by atoms with Crippen molar-refractivity contribution in [3.8, 4) is 0 Å². The summed E-state index contributed by atoms with van der Waals surface area (Å²) in [7, 11) is 0. The monoisotopic (exact) mass is 1140 g/mol. The van der Waals surface area contributed by atoms with Crippen molar-refractivity contribution in [1.82, 2.24) is 64.2 Å². The van der Waals surface area contributed by atoms with Crippen LogP contribution in [0.4, 0.5) is 4.79 Å². The highest BCUT2D eigenvalue weighted by molar-refractivity contribution is 6.31. The Balaban J connectivity index is 0.000000173. The first-order valence-corrected chi connectivity index (χ1v) is 30.2. The number of piperidine rings is 2. The van der Waals surface area contributed by atoms with Crippen LogP contribution in [0.1, 0.15) is 115 Å². The van der Waals surface area contributed by atoms with Crippen molar-refractivity contribution in [2.75, 3.05) is 65.4 Å². The SMILES string of the molecule is Cc1nccn1C[C@H]1CCCN(C(=O)[C@H]2CN([C@H]3c4ccc(Cl)cc4CCc4cccnc43)CCN2)C1.Cc1nccn1C[C@H]1CCCN(C(=O)[C@H]2CN([C@H]3c4ccc(Cl)cc4CCc4cccnc43)CCN2C(=O)NC(C)(C)C)C1. The maximum Gasteiger partial charge on any atom is 0.318 e. The number of pyridine rings is 2. The van der Waals surface area contributed by atoms with E-state index in [1.54, 1.807) is 4.90 Å². The zero-order chi connectivity index (χ0) is 56.4. The topological polar surface area (TPSA) is 153 Å². The van der Waals surface area contributed by atoms with E-state index in [0.717, 1.165) is 124 Å². The molecule has 428 valence electrons. The van der Waals surface area contributed by atoms with Gasteiger partial charge in [0.25, 0.3) is 0 Å². The van der Waals surface area contributed by atoms with Crippen LogP contribution in [0.5, 0.6) is 0 Å². The standard InChI is InChI=1S/C34H44ClN7O2.C29H35ClN6O/c1-23-36-14-16-39(23)20-24-7-6-15-41(21-24)32(43)29-22-40(17-18-42(29)33(44)38-34(2,3)4)31-28-12-11-27(35)19-26(28)10-9-25-8-5-13-37-30(25)31;1-20-31-11-14-34(20)17-21-4-3-13-36(18-21)29(37)26-19-35(15-12-32-26)28-25-9-8-24(30)16-23(25)7-6-22-5-2-10-33-27(22)28/h5,8,11-14,16,19,24,29,31H,6-7,9-10,15,17-18,20-22H2,1-4H3,(H,38,44);2,5,8-11,14,16,21,26,28,32H,3-4,6-7,12-13,15,17-19H2,1H3/t24-,29-,31+;21-,26-,28+/m11/s1. The first-order chi connectivity index (χ1) is 39.1. The number of imidazole rings is 2. The number of hydrogen-bond donors (Lipinski definition) is 2. The molecule has 6 aliphatic rings. The molecule has 0 radical (unpaired) electrons. The van der Waals surface area contributed by atoms with Crippen molar-refractivity contribution in [1.29, 1.82) is 0 Å². The highest BCUT2D eigenvalue weighted by atomic mass is 35.5. The van der Waals surface area contributed by atoms with Gasteiger partial charge >= 0.3 is 6.03 Å². The van der Waals surface area contributed by atoms with Crippen LogP contribution in [0.15, 0.2) is 97.8 Å². The van der Waals surface area contributed by atoms with Crippen molar-refractivity contribution in [2.24, 2.45) is 11.8 Å². The summed E-state index contributed by atoms with van der Waals surface area (Å²) in [6.45, 7) is 18.6. The molecule has 0 bridgehead atoms. The maximum absolute atomic E-state index is 14.5. The van der Waals surface area contributed by atoms with E-state index in [2.05, 4.69) is 80.8 Å². The Morgan fingerprint density at radius 3 is 1.64 bits per heavy atom. The number of amides is 4. The van der Waals surface area contributed by atoms with E-state index in [1.807, 2.05) is 101 Å². The Bertz CT molecular complexity index is 3210. The summed E-state index contributed by atoms with van der Waals surface area (Å²) >= 11 is 12.9. The Labute approximate surface area is 487 Å². The lowest BCUT2D eigenvalue weighted by Crippen LogP contribution is -2.65. The number of carbonyl (C=O) groups excluding carboxylic acids is 3. The second kappa shape index (κ2) is 24.7. The molecular weight excluding hydrogens is 1060 g/mol. The fourth-order valence-corrected chi connectivity index (χ4v) is 14.0. The molecule has 4 saturated heterocycles. The summed E-state index contributed by atoms with van der Waals surface area (Å²) < 4.78 is 4.38. The number of aromatic nitrogens is 6. The van der Waals surface area contributed by atoms with Gasteiger partial charge in [-0.15, -0.1) is 0 Å². The van der Waals surface area contributed by atoms with Crippen molar-refractivity contribution < 1.29 is 14.4 Å². The third kappa shape index (κ3) is 12.9. The van der Waals surface area contributed by atoms with Crippen molar-refractivity contribution in [2.45, 2.75) is 129 Å². The van der Waals surface area contributed by atoms with Crippen LogP contribution in [0, 0.1) is 25.7 Å². The Hall–Kier alpha value is -6.17. The fraction of sp³-hybridized carbons (Fsp3) is 0.508. The Morgan fingerprint density at radius 2 is 1.12 bits per heavy atom. The van der Waals surface area contributed by atoms with Crippen LogP contribution in [-0.4, -0.2) is 154 Å². The van der Waals surface area contributed by atoms with Gasteiger partial charge in [0.2, 0.25) is 11.8 Å². The number of piperazine rings is 2. The highest BCUT2D eigenvalue weighted by Crippen LogP contribution is 2.40. The molecule has 4 fully saturated rings. The number of fused-ring (bicyclic) bond motifs is 4. The Morgan fingerprint density at radius 1 is 0.605 bits per heavy atom. The Kier molecular flexibility index (Phi) is 17.3. The van der Waals surface area contributed by atoms with Crippen molar-refractivity contribution in [3.05, 3.63) is 164 Å². The first kappa shape index (κ1) is 56.7. The maximum atomic E-state index is 14.5. The van der Waals surface area contributed by atoms with E-state index in [9.17, 15) is 14.4 Å². The van der Waals surface area contributed by atoms with Crippen LogP contribution in [0.25, 0.3) is 0 Å². The number of carbonyl (C=O) groups is 3. The van der Waals surface area contributed by atoms with Crippen LogP contribution in [0.2, 0.25) is 10.0 Å². The highest BCUT2D eigenvalue weighted by Gasteiger charge is 2.44. The van der Waals surface area contributed by atoms with Gasteiger partial charge in [-0.1, -0.05) is 47.5 Å². The largest absolute Gasteiger partial charge is 0.341 e. The molecule has 2 aromatic carbocycles. The van der Waals surface area contributed by atoms with Crippen molar-refractivity contribution >= 4 is 41.0 Å². The van der Waals surface area contributed by atoms with Crippen LogP contribution in [-0.2, 0) is 48.4 Å². The first-order valence-electron chi connectivity index (χ1n) is 29.4. The van der Waals surface area contributed by atoms with Gasteiger partial charge < -0.3 is 34.5 Å². The summed E-state index contributed by atoms with van der Waals surface area (Å²) in [5.74, 6) is 3.07. The zero-order valence-electron chi connectivity index (χ0n) is 47.7. The smallest absolute Gasteiger partial charge is 0.318 e. The third-order valence-electron chi connectivity index (χ3n) is 17.6. The van der Waals surface area contributed by atoms with Gasteiger partial charge in [-0.2, -0.15) is 0 Å². The predicted octanol–water partition coefficient (Wildman–Crippen LogP) is 8.50. The van der Waals surface area contributed by atoms with E-state index in [4.69, 9.17) is 33.2 Å². The molecule has 4 aliphatic heterocycles. The molecule has 0 saturated carbocycles. The van der Waals surface area contributed by atoms with E-state index in [-0.39, 0.29) is 36.0 Å². The van der Waals surface area contributed by atoms with Gasteiger partial charge in [-0.25, -0.2) is 14.8 Å². The lowest BCUT2D eigenvalue weighted by Gasteiger charge is -2.46. The predicted molar refractivity (Wildman–Crippen MR) is 316 cm³/mol. The normalized spacial score (nSPS) is 23.4. The molecule has 16 nitrogen and oxygen atoms in total. The second-order valence-corrected chi connectivity index (χ2v) is 25.2. The van der Waals surface area contributed by atoms with Crippen molar-refractivity contribution in [3.63, 3.8) is 0 Å². The molecule has 8 heterocycles. The molecule has 2 N–H and O–H groups in total. The second-order valence-electron chi connectivity index (χ2n) is 24.3. The zero-order valence-corrected chi connectivity index (χ0v) is 49.3. The lowest BCUT2D eigenvalue weighted by atomic mass is 9.94. The molecule has 4 amide bonds. The number of aryl methyl sites for hydroxylation is 6. The molecule has 18 heteroatoms. The molecule has 4 aromatic heterocycles.